The van der Waals surface area contributed by atoms with E-state index in [4.69, 9.17) is 9.84 Å². The molecule has 2 fully saturated rings. The Hall–Kier alpha value is -1.30. The molecule has 0 radical (unpaired) electrons. The number of fused-ring (bicyclic) bond motifs is 2. The summed E-state index contributed by atoms with van der Waals surface area (Å²) in [5.41, 5.74) is 1.15. The van der Waals surface area contributed by atoms with Crippen molar-refractivity contribution in [2.24, 2.45) is 11.8 Å². The summed E-state index contributed by atoms with van der Waals surface area (Å²) in [5, 5.41) is 19.1. The smallest absolute Gasteiger partial charge is 0.303 e. The second kappa shape index (κ2) is 10.3. The number of hydrogen-bond donors (Lipinski definition) is 2. The highest BCUT2D eigenvalue weighted by Gasteiger charge is 2.47. The maximum Gasteiger partial charge on any atom is 0.303 e. The van der Waals surface area contributed by atoms with Crippen LogP contribution in [0.15, 0.2) is 42.5 Å². The Labute approximate surface area is 166 Å². The van der Waals surface area contributed by atoms with E-state index in [0.717, 1.165) is 42.8 Å². The van der Waals surface area contributed by atoms with Gasteiger partial charge in [0.05, 0.1) is 18.3 Å². The lowest BCUT2D eigenvalue weighted by Gasteiger charge is -2.25. The number of rotatable bonds is 11. The lowest BCUT2D eigenvalue weighted by molar-refractivity contribution is -0.137. The van der Waals surface area contributed by atoms with Crippen LogP contribution in [0.3, 0.4) is 0 Å². The minimum Gasteiger partial charge on any atom is -0.481 e. The van der Waals surface area contributed by atoms with Gasteiger partial charge in [0.2, 0.25) is 0 Å². The Morgan fingerprint density at radius 1 is 1.22 bits per heavy atom. The molecule has 0 saturated carbocycles. The molecule has 2 heterocycles. The monoisotopic (exact) mass is 390 g/mol. The van der Waals surface area contributed by atoms with Gasteiger partial charge in [0.15, 0.2) is 0 Å². The minimum atomic E-state index is -0.708. The molecule has 1 aromatic carbocycles. The van der Waals surface area contributed by atoms with Crippen LogP contribution in [0.1, 0.15) is 37.7 Å². The van der Waals surface area contributed by atoms with Crippen LogP contribution in [0.5, 0.6) is 0 Å². The van der Waals surface area contributed by atoms with E-state index >= 15 is 0 Å². The molecule has 5 atom stereocenters. The fourth-order valence-corrected chi connectivity index (χ4v) is 5.46. The van der Waals surface area contributed by atoms with E-state index in [2.05, 4.69) is 6.08 Å². The molecule has 3 rings (SSSR count). The predicted molar refractivity (Wildman–Crippen MR) is 109 cm³/mol. The number of thioether (sulfide) groups is 1. The number of carbonyl (C=O) groups is 1. The predicted octanol–water partition coefficient (Wildman–Crippen LogP) is 3.93. The van der Waals surface area contributed by atoms with Crippen LogP contribution in [-0.4, -0.2) is 46.0 Å². The number of benzene rings is 1. The van der Waals surface area contributed by atoms with Crippen molar-refractivity contribution in [2.45, 2.75) is 56.8 Å². The Bertz CT molecular complexity index is 618. The summed E-state index contributed by atoms with van der Waals surface area (Å²) >= 11 is 1.91. The number of aliphatic carboxylic acids is 1. The molecule has 2 aliphatic heterocycles. The molecule has 2 saturated heterocycles. The number of unbranched alkanes of at least 4 members (excludes halogenated alkanes) is 1. The summed E-state index contributed by atoms with van der Waals surface area (Å²) < 4.78 is 6.13. The van der Waals surface area contributed by atoms with Gasteiger partial charge in [-0.05, 0) is 42.8 Å². The SMILES string of the molecule is O=C(O)CCCCSC[C@H]1[C@@H](/C=C/C(O)Cc2ccccc2)[C@H]2CC[C@@H]1O2. The summed E-state index contributed by atoms with van der Waals surface area (Å²) in [7, 11) is 0. The van der Waals surface area contributed by atoms with Crippen molar-refractivity contribution < 1.29 is 19.7 Å². The van der Waals surface area contributed by atoms with Crippen LogP contribution in [0.2, 0.25) is 0 Å². The van der Waals surface area contributed by atoms with Crippen molar-refractivity contribution in [2.75, 3.05) is 11.5 Å². The summed E-state index contributed by atoms with van der Waals surface area (Å²) in [6.07, 6.45) is 9.20. The zero-order chi connectivity index (χ0) is 19.1. The third-order valence-corrected chi connectivity index (χ3v) is 6.77. The van der Waals surface area contributed by atoms with Crippen molar-refractivity contribution in [3.05, 3.63) is 48.0 Å². The van der Waals surface area contributed by atoms with E-state index in [1.165, 1.54) is 0 Å². The average Bonchev–Trinajstić information content (AvgIpc) is 3.25. The van der Waals surface area contributed by atoms with Gasteiger partial charge in [0, 0.05) is 24.7 Å². The molecule has 2 N–H and O–H groups in total. The molecule has 0 aliphatic carbocycles. The number of carboxylic acids is 1. The van der Waals surface area contributed by atoms with Crippen molar-refractivity contribution in [1.82, 2.24) is 0 Å². The van der Waals surface area contributed by atoms with Crippen LogP contribution in [0, 0.1) is 11.8 Å². The van der Waals surface area contributed by atoms with Crippen LogP contribution < -0.4 is 0 Å². The maximum atomic E-state index is 10.6. The first-order chi connectivity index (χ1) is 13.1. The molecule has 1 unspecified atom stereocenters. The van der Waals surface area contributed by atoms with Crippen LogP contribution in [0.25, 0.3) is 0 Å². The van der Waals surface area contributed by atoms with E-state index in [-0.39, 0.29) is 6.42 Å². The van der Waals surface area contributed by atoms with Gasteiger partial charge in [-0.2, -0.15) is 11.8 Å². The molecule has 5 heteroatoms. The summed E-state index contributed by atoms with van der Waals surface area (Å²) in [5.74, 6) is 2.25. The highest BCUT2D eigenvalue weighted by molar-refractivity contribution is 7.99. The van der Waals surface area contributed by atoms with Crippen LogP contribution in [0.4, 0.5) is 0 Å². The van der Waals surface area contributed by atoms with Gasteiger partial charge in [0.1, 0.15) is 0 Å². The van der Waals surface area contributed by atoms with Gasteiger partial charge >= 0.3 is 5.97 Å². The van der Waals surface area contributed by atoms with Gasteiger partial charge in [0.25, 0.3) is 0 Å². The molecule has 27 heavy (non-hydrogen) atoms. The van der Waals surface area contributed by atoms with Gasteiger partial charge < -0.3 is 14.9 Å². The van der Waals surface area contributed by atoms with Crippen molar-refractivity contribution >= 4 is 17.7 Å². The lowest BCUT2D eigenvalue weighted by atomic mass is 9.80. The number of hydrogen-bond acceptors (Lipinski definition) is 4. The fraction of sp³-hybridized carbons (Fsp3) is 0.591. The Morgan fingerprint density at radius 3 is 2.78 bits per heavy atom. The molecule has 2 aliphatic rings. The zero-order valence-corrected chi connectivity index (χ0v) is 16.5. The highest BCUT2D eigenvalue weighted by atomic mass is 32.2. The van der Waals surface area contributed by atoms with Gasteiger partial charge in [-0.25, -0.2) is 0 Å². The quantitative estimate of drug-likeness (QED) is 0.443. The molecular weight excluding hydrogens is 360 g/mol. The number of aliphatic hydroxyl groups excluding tert-OH is 1. The molecule has 2 bridgehead atoms. The molecule has 0 aromatic heterocycles. The largest absolute Gasteiger partial charge is 0.481 e. The molecular formula is C22H30O4S. The van der Waals surface area contributed by atoms with Gasteiger partial charge in [-0.3, -0.25) is 4.79 Å². The van der Waals surface area contributed by atoms with E-state index in [9.17, 15) is 9.90 Å². The molecule has 1 aromatic rings. The third-order valence-electron chi connectivity index (χ3n) is 5.57. The highest BCUT2D eigenvalue weighted by Crippen LogP contribution is 2.45. The first kappa shape index (κ1) is 20.4. The summed E-state index contributed by atoms with van der Waals surface area (Å²) in [4.78, 5) is 10.6. The number of carboxylic acid groups (broad SMARTS) is 1. The normalized spacial score (nSPS) is 28.0. The molecule has 0 spiro atoms. The minimum absolute atomic E-state index is 0.266. The Morgan fingerprint density at radius 2 is 2.00 bits per heavy atom. The number of aliphatic hydroxyl groups is 1. The maximum absolute atomic E-state index is 10.6. The molecule has 4 nitrogen and oxygen atoms in total. The Balaban J connectivity index is 1.45. The van der Waals surface area contributed by atoms with Crippen molar-refractivity contribution in [3.8, 4) is 0 Å². The fourth-order valence-electron chi connectivity index (χ4n) is 4.18. The lowest BCUT2D eigenvalue weighted by Crippen LogP contribution is -2.28. The second-order valence-corrected chi connectivity index (χ2v) is 8.75. The number of ether oxygens (including phenoxy) is 1. The second-order valence-electron chi connectivity index (χ2n) is 7.60. The molecule has 0 amide bonds. The standard InChI is InChI=1S/C22H30O4S/c23-17(14-16-6-2-1-3-7-16)9-10-18-19(21-12-11-20(18)26-21)15-27-13-5-4-8-22(24)25/h1-3,6-7,9-10,17-21,23H,4-5,8,11-15H2,(H,24,25)/b10-9+/t17?,18-,19+,20-,21+/m1/s1. The van der Waals surface area contributed by atoms with Crippen molar-refractivity contribution in [1.29, 1.82) is 0 Å². The van der Waals surface area contributed by atoms with Crippen LogP contribution >= 0.6 is 11.8 Å². The van der Waals surface area contributed by atoms with E-state index in [0.29, 0.717) is 30.5 Å². The third kappa shape index (κ3) is 6.09. The topological polar surface area (TPSA) is 66.8 Å². The summed E-state index contributed by atoms with van der Waals surface area (Å²) in [6, 6.07) is 10.1. The first-order valence-electron chi connectivity index (χ1n) is 9.99. The van der Waals surface area contributed by atoms with E-state index < -0.39 is 12.1 Å². The first-order valence-corrected chi connectivity index (χ1v) is 11.1. The Kier molecular flexibility index (Phi) is 7.80. The average molecular weight is 391 g/mol. The van der Waals surface area contributed by atoms with E-state index in [1.54, 1.807) is 0 Å². The van der Waals surface area contributed by atoms with E-state index in [1.807, 2.05) is 48.2 Å². The summed E-state index contributed by atoms with van der Waals surface area (Å²) in [6.45, 7) is 0. The molecule has 148 valence electrons. The zero-order valence-electron chi connectivity index (χ0n) is 15.7. The van der Waals surface area contributed by atoms with Gasteiger partial charge in [-0.15, -0.1) is 0 Å². The van der Waals surface area contributed by atoms with Crippen molar-refractivity contribution in [3.63, 3.8) is 0 Å². The van der Waals surface area contributed by atoms with Crippen LogP contribution in [-0.2, 0) is 16.0 Å². The van der Waals surface area contributed by atoms with Gasteiger partial charge in [-0.1, -0.05) is 42.5 Å².